The fourth-order valence-corrected chi connectivity index (χ4v) is 2.89. The van der Waals surface area contributed by atoms with Crippen LogP contribution >= 0.6 is 11.3 Å². The highest BCUT2D eigenvalue weighted by Gasteiger charge is 2.26. The molecule has 0 spiro atoms. The fourth-order valence-electron chi connectivity index (χ4n) is 2.19. The van der Waals surface area contributed by atoms with Gasteiger partial charge >= 0.3 is 0 Å². The van der Waals surface area contributed by atoms with Gasteiger partial charge in [-0.15, -0.1) is 11.3 Å². The summed E-state index contributed by atoms with van der Waals surface area (Å²) in [5.41, 5.74) is 0. The molecule has 4 heteroatoms. The van der Waals surface area contributed by atoms with Crippen molar-refractivity contribution in [1.82, 2.24) is 4.90 Å². The number of aliphatic hydroxyl groups excluding tert-OH is 1. The van der Waals surface area contributed by atoms with Gasteiger partial charge in [0.25, 0.3) is 5.91 Å². The fraction of sp³-hybridized carbons (Fsp3) is 0.583. The molecule has 1 saturated carbocycles. The Bertz CT molecular complexity index is 342. The normalized spacial score (nSPS) is 25.4. The molecular formula is C12H17NO2S. The average molecular weight is 239 g/mol. The Morgan fingerprint density at radius 2 is 2.12 bits per heavy atom. The van der Waals surface area contributed by atoms with Crippen LogP contribution in [0.15, 0.2) is 17.5 Å². The zero-order valence-corrected chi connectivity index (χ0v) is 10.2. The molecule has 0 saturated heterocycles. The molecule has 16 heavy (non-hydrogen) atoms. The highest BCUT2D eigenvalue weighted by atomic mass is 32.1. The Morgan fingerprint density at radius 3 is 2.69 bits per heavy atom. The molecule has 1 heterocycles. The molecule has 0 aliphatic heterocycles. The van der Waals surface area contributed by atoms with Crippen LogP contribution in [0.4, 0.5) is 0 Å². The summed E-state index contributed by atoms with van der Waals surface area (Å²) >= 11 is 1.48. The first-order chi connectivity index (χ1) is 7.68. The van der Waals surface area contributed by atoms with E-state index >= 15 is 0 Å². The third-order valence-corrected chi connectivity index (χ3v) is 4.12. The van der Waals surface area contributed by atoms with Crippen molar-refractivity contribution in [2.24, 2.45) is 0 Å². The lowest BCUT2D eigenvalue weighted by Gasteiger charge is -2.32. The smallest absolute Gasteiger partial charge is 0.263 e. The second-order valence-electron chi connectivity index (χ2n) is 4.36. The molecule has 1 aromatic rings. The number of carbonyl (C=O) groups excluding carboxylic acids is 1. The van der Waals surface area contributed by atoms with Crippen molar-refractivity contribution in [1.29, 1.82) is 0 Å². The summed E-state index contributed by atoms with van der Waals surface area (Å²) in [6.07, 6.45) is 3.28. The van der Waals surface area contributed by atoms with E-state index < -0.39 is 0 Å². The molecule has 88 valence electrons. The van der Waals surface area contributed by atoms with E-state index in [4.69, 9.17) is 0 Å². The summed E-state index contributed by atoms with van der Waals surface area (Å²) in [5.74, 6) is 0.108. The summed E-state index contributed by atoms with van der Waals surface area (Å²) in [6.45, 7) is 0. The van der Waals surface area contributed by atoms with Crippen molar-refractivity contribution in [3.05, 3.63) is 22.4 Å². The van der Waals surface area contributed by atoms with Crippen LogP contribution in [-0.2, 0) is 0 Å². The topological polar surface area (TPSA) is 40.5 Å². The molecule has 1 fully saturated rings. The van der Waals surface area contributed by atoms with E-state index in [1.807, 2.05) is 29.5 Å². The average Bonchev–Trinajstić information content (AvgIpc) is 2.81. The van der Waals surface area contributed by atoms with Gasteiger partial charge in [-0.1, -0.05) is 6.07 Å². The van der Waals surface area contributed by atoms with Crippen LogP contribution in [0, 0.1) is 0 Å². The summed E-state index contributed by atoms with van der Waals surface area (Å²) in [6, 6.07) is 4.05. The number of hydrogen-bond donors (Lipinski definition) is 1. The largest absolute Gasteiger partial charge is 0.393 e. The van der Waals surface area contributed by atoms with Gasteiger partial charge in [0.05, 0.1) is 11.0 Å². The second-order valence-corrected chi connectivity index (χ2v) is 5.30. The van der Waals surface area contributed by atoms with Gasteiger partial charge in [0, 0.05) is 13.1 Å². The maximum absolute atomic E-state index is 12.1. The lowest BCUT2D eigenvalue weighted by Crippen LogP contribution is -2.40. The highest BCUT2D eigenvalue weighted by molar-refractivity contribution is 7.12. The van der Waals surface area contributed by atoms with Crippen LogP contribution in [0.1, 0.15) is 35.4 Å². The van der Waals surface area contributed by atoms with Gasteiger partial charge in [0.2, 0.25) is 0 Å². The monoisotopic (exact) mass is 239 g/mol. The molecule has 2 rings (SSSR count). The summed E-state index contributed by atoms with van der Waals surface area (Å²) in [5, 5.41) is 11.4. The van der Waals surface area contributed by atoms with E-state index in [9.17, 15) is 9.90 Å². The first-order valence-corrected chi connectivity index (χ1v) is 6.55. The first kappa shape index (κ1) is 11.6. The van der Waals surface area contributed by atoms with Crippen molar-refractivity contribution in [3.63, 3.8) is 0 Å². The van der Waals surface area contributed by atoms with Gasteiger partial charge in [-0.3, -0.25) is 4.79 Å². The summed E-state index contributed by atoms with van der Waals surface area (Å²) < 4.78 is 0. The van der Waals surface area contributed by atoms with Gasteiger partial charge in [-0.05, 0) is 37.1 Å². The Hall–Kier alpha value is -0.870. The van der Waals surface area contributed by atoms with Crippen LogP contribution in [0.2, 0.25) is 0 Å². The number of rotatable bonds is 2. The number of carbonyl (C=O) groups is 1. The van der Waals surface area contributed by atoms with E-state index in [1.54, 1.807) is 0 Å². The quantitative estimate of drug-likeness (QED) is 0.859. The van der Waals surface area contributed by atoms with E-state index in [0.29, 0.717) is 0 Å². The molecule has 1 aromatic heterocycles. The molecule has 0 atom stereocenters. The van der Waals surface area contributed by atoms with Gasteiger partial charge in [-0.25, -0.2) is 0 Å². The van der Waals surface area contributed by atoms with Crippen molar-refractivity contribution < 1.29 is 9.90 Å². The SMILES string of the molecule is CN(C(=O)c1cccs1)C1CCC(O)CC1. The third-order valence-electron chi connectivity index (χ3n) is 3.27. The summed E-state index contributed by atoms with van der Waals surface area (Å²) in [4.78, 5) is 14.7. The number of hydrogen-bond acceptors (Lipinski definition) is 3. The summed E-state index contributed by atoms with van der Waals surface area (Å²) in [7, 11) is 1.87. The van der Waals surface area contributed by atoms with Gasteiger partial charge in [-0.2, -0.15) is 0 Å². The maximum atomic E-state index is 12.1. The van der Waals surface area contributed by atoms with Crippen molar-refractivity contribution >= 4 is 17.2 Å². The van der Waals surface area contributed by atoms with Gasteiger partial charge in [0.1, 0.15) is 0 Å². The van der Waals surface area contributed by atoms with Crippen LogP contribution in [0.5, 0.6) is 0 Å². The minimum atomic E-state index is -0.165. The van der Waals surface area contributed by atoms with Gasteiger partial charge < -0.3 is 10.0 Å². The Kier molecular flexibility index (Phi) is 3.61. The van der Waals surface area contributed by atoms with Crippen molar-refractivity contribution in [2.75, 3.05) is 7.05 Å². The Balaban J connectivity index is 1.97. The molecule has 3 nitrogen and oxygen atoms in total. The number of amides is 1. The van der Waals surface area contributed by atoms with E-state index in [0.717, 1.165) is 30.6 Å². The van der Waals surface area contributed by atoms with Gasteiger partial charge in [0.15, 0.2) is 0 Å². The predicted molar refractivity (Wildman–Crippen MR) is 64.7 cm³/mol. The minimum absolute atomic E-state index is 0.108. The maximum Gasteiger partial charge on any atom is 0.263 e. The van der Waals surface area contributed by atoms with E-state index in [2.05, 4.69) is 0 Å². The Labute approximate surface area is 99.7 Å². The zero-order chi connectivity index (χ0) is 11.5. The standard InChI is InChI=1S/C12H17NO2S/c1-13(9-4-6-10(14)7-5-9)12(15)11-3-2-8-16-11/h2-3,8-10,14H,4-7H2,1H3. The van der Waals surface area contributed by atoms with Crippen LogP contribution < -0.4 is 0 Å². The van der Waals surface area contributed by atoms with Crippen molar-refractivity contribution in [2.45, 2.75) is 37.8 Å². The molecule has 1 N–H and O–H groups in total. The van der Waals surface area contributed by atoms with Crippen LogP contribution in [0.3, 0.4) is 0 Å². The minimum Gasteiger partial charge on any atom is -0.393 e. The van der Waals surface area contributed by atoms with Crippen LogP contribution in [-0.4, -0.2) is 35.1 Å². The second kappa shape index (κ2) is 4.97. The number of thiophene rings is 1. The van der Waals surface area contributed by atoms with Crippen LogP contribution in [0.25, 0.3) is 0 Å². The van der Waals surface area contributed by atoms with E-state index in [1.165, 1.54) is 11.3 Å². The highest BCUT2D eigenvalue weighted by Crippen LogP contribution is 2.24. The van der Waals surface area contributed by atoms with Crippen molar-refractivity contribution in [3.8, 4) is 0 Å². The molecule has 0 unspecified atom stereocenters. The van der Waals surface area contributed by atoms with E-state index in [-0.39, 0.29) is 18.1 Å². The molecule has 0 aromatic carbocycles. The molecule has 1 aliphatic rings. The molecule has 1 amide bonds. The molecule has 1 aliphatic carbocycles. The lowest BCUT2D eigenvalue weighted by atomic mass is 9.92. The Morgan fingerprint density at radius 1 is 1.44 bits per heavy atom. The molecule has 0 bridgehead atoms. The predicted octanol–water partition coefficient (Wildman–Crippen LogP) is 2.12. The number of nitrogens with zero attached hydrogens (tertiary/aromatic N) is 1. The molecule has 0 radical (unpaired) electrons. The molecular weight excluding hydrogens is 222 g/mol. The number of aliphatic hydroxyl groups is 1. The zero-order valence-electron chi connectivity index (χ0n) is 9.43. The lowest BCUT2D eigenvalue weighted by molar-refractivity contribution is 0.0573. The first-order valence-electron chi connectivity index (χ1n) is 5.67. The third kappa shape index (κ3) is 2.44.